The van der Waals surface area contributed by atoms with Crippen LogP contribution in [-0.2, 0) is 11.2 Å². The van der Waals surface area contributed by atoms with Gasteiger partial charge in [-0.25, -0.2) is 0 Å². The SMILES string of the molecule is O=C1Cc2ccccc2N1C1CCN(C[C@@H]2C[C@@H]3CC[C@@H]2C3)CC1. The zero-order valence-electron chi connectivity index (χ0n) is 14.5. The third kappa shape index (κ3) is 2.48. The number of carbonyl (C=O) groups excluding carboxylic acids is 1. The number of hydrogen-bond acceptors (Lipinski definition) is 2. The zero-order valence-corrected chi connectivity index (χ0v) is 14.5. The first-order valence-corrected chi connectivity index (χ1v) is 9.90. The second-order valence-corrected chi connectivity index (χ2v) is 8.54. The Morgan fingerprint density at radius 2 is 1.83 bits per heavy atom. The van der Waals surface area contributed by atoms with Gasteiger partial charge < -0.3 is 9.80 Å². The molecular formula is C21H28N2O. The van der Waals surface area contributed by atoms with Crippen molar-refractivity contribution in [2.24, 2.45) is 17.8 Å². The third-order valence-corrected chi connectivity index (χ3v) is 7.16. The number of benzene rings is 1. The van der Waals surface area contributed by atoms with E-state index in [9.17, 15) is 4.79 Å². The highest BCUT2D eigenvalue weighted by atomic mass is 16.2. The van der Waals surface area contributed by atoms with Crippen LogP contribution in [0.3, 0.4) is 0 Å². The average molecular weight is 324 g/mol. The summed E-state index contributed by atoms with van der Waals surface area (Å²) in [5, 5.41) is 0. The molecule has 3 nitrogen and oxygen atoms in total. The fraction of sp³-hybridized carbons (Fsp3) is 0.667. The number of piperidine rings is 1. The van der Waals surface area contributed by atoms with Crippen LogP contribution in [0.25, 0.3) is 0 Å². The molecule has 2 aliphatic heterocycles. The summed E-state index contributed by atoms with van der Waals surface area (Å²) in [4.78, 5) is 17.3. The lowest BCUT2D eigenvalue weighted by molar-refractivity contribution is -0.118. The zero-order chi connectivity index (χ0) is 16.1. The van der Waals surface area contributed by atoms with Crippen LogP contribution in [0.15, 0.2) is 24.3 Å². The lowest BCUT2D eigenvalue weighted by Gasteiger charge is -2.39. The van der Waals surface area contributed by atoms with Crippen molar-refractivity contribution < 1.29 is 4.79 Å². The Morgan fingerprint density at radius 1 is 1.00 bits per heavy atom. The number of rotatable bonds is 3. The van der Waals surface area contributed by atoms with Crippen LogP contribution in [0.4, 0.5) is 5.69 Å². The van der Waals surface area contributed by atoms with E-state index in [0.717, 1.165) is 30.6 Å². The van der Waals surface area contributed by atoms with Crippen molar-refractivity contribution in [2.45, 2.75) is 51.0 Å². The van der Waals surface area contributed by atoms with Gasteiger partial charge in [-0.05, 0) is 61.5 Å². The number of para-hydroxylation sites is 1. The van der Waals surface area contributed by atoms with Crippen molar-refractivity contribution in [1.82, 2.24) is 4.90 Å². The maximum Gasteiger partial charge on any atom is 0.231 e. The monoisotopic (exact) mass is 324 g/mol. The van der Waals surface area contributed by atoms with Gasteiger partial charge in [0.15, 0.2) is 0 Å². The number of hydrogen-bond donors (Lipinski definition) is 0. The Hall–Kier alpha value is -1.35. The quantitative estimate of drug-likeness (QED) is 0.850. The van der Waals surface area contributed by atoms with Crippen molar-refractivity contribution in [2.75, 3.05) is 24.5 Å². The molecule has 2 saturated carbocycles. The number of amides is 1. The van der Waals surface area contributed by atoms with E-state index < -0.39 is 0 Å². The molecule has 0 N–H and O–H groups in total. The maximum atomic E-state index is 12.5. The Balaban J connectivity index is 1.21. The van der Waals surface area contributed by atoms with Gasteiger partial charge in [0.1, 0.15) is 0 Å². The summed E-state index contributed by atoms with van der Waals surface area (Å²) in [7, 11) is 0. The Morgan fingerprint density at radius 3 is 2.58 bits per heavy atom. The fourth-order valence-electron chi connectivity index (χ4n) is 5.97. The first kappa shape index (κ1) is 14.9. The topological polar surface area (TPSA) is 23.6 Å². The van der Waals surface area contributed by atoms with Crippen LogP contribution < -0.4 is 4.90 Å². The van der Waals surface area contributed by atoms with Crippen LogP contribution >= 0.6 is 0 Å². The van der Waals surface area contributed by atoms with Gasteiger partial charge in [-0.3, -0.25) is 4.79 Å². The minimum absolute atomic E-state index is 0.308. The predicted octanol–water partition coefficient (Wildman–Crippen LogP) is 3.48. The van der Waals surface area contributed by atoms with Crippen LogP contribution in [-0.4, -0.2) is 36.5 Å². The normalized spacial score (nSPS) is 33.4. The molecule has 1 amide bonds. The van der Waals surface area contributed by atoms with Crippen molar-refractivity contribution in [1.29, 1.82) is 0 Å². The van der Waals surface area contributed by atoms with Crippen LogP contribution in [0.2, 0.25) is 0 Å². The molecule has 0 unspecified atom stereocenters. The number of carbonyl (C=O) groups is 1. The minimum Gasteiger partial charge on any atom is -0.309 e. The fourth-order valence-corrected chi connectivity index (χ4v) is 5.97. The highest BCUT2D eigenvalue weighted by Gasteiger charge is 2.41. The number of fused-ring (bicyclic) bond motifs is 3. The van der Waals surface area contributed by atoms with Gasteiger partial charge in [0.25, 0.3) is 0 Å². The molecule has 5 rings (SSSR count). The van der Waals surface area contributed by atoms with E-state index in [-0.39, 0.29) is 0 Å². The number of anilines is 1. The standard InChI is InChI=1S/C21H28N2O/c24-21-13-17-3-1-2-4-20(17)23(21)19-7-9-22(10-8-19)14-18-12-15-5-6-16(18)11-15/h1-4,15-16,18-19H,5-14H2/t15-,16-,18+/m1/s1. The maximum absolute atomic E-state index is 12.5. The summed E-state index contributed by atoms with van der Waals surface area (Å²) >= 11 is 0. The molecule has 4 aliphatic rings. The van der Waals surface area contributed by atoms with Crippen molar-refractivity contribution in [3.8, 4) is 0 Å². The van der Waals surface area contributed by atoms with Crippen LogP contribution in [0.5, 0.6) is 0 Å². The number of likely N-dealkylation sites (tertiary alicyclic amines) is 1. The molecule has 128 valence electrons. The second-order valence-electron chi connectivity index (χ2n) is 8.54. The average Bonchev–Trinajstić information content (AvgIpc) is 3.29. The minimum atomic E-state index is 0.308. The van der Waals surface area contributed by atoms with Gasteiger partial charge in [-0.1, -0.05) is 24.6 Å². The van der Waals surface area contributed by atoms with Crippen LogP contribution in [0.1, 0.15) is 44.1 Å². The van der Waals surface area contributed by atoms with Gasteiger partial charge >= 0.3 is 0 Å². The Kier molecular flexibility index (Phi) is 3.66. The largest absolute Gasteiger partial charge is 0.309 e. The first-order chi connectivity index (χ1) is 11.8. The summed E-state index contributed by atoms with van der Waals surface area (Å²) in [6, 6.07) is 8.76. The van der Waals surface area contributed by atoms with Crippen molar-refractivity contribution in [3.05, 3.63) is 29.8 Å². The molecule has 0 spiro atoms. The molecule has 3 heteroatoms. The van der Waals surface area contributed by atoms with Gasteiger partial charge in [0.2, 0.25) is 5.91 Å². The lowest BCUT2D eigenvalue weighted by atomic mass is 9.88. The number of nitrogens with zero attached hydrogens (tertiary/aromatic N) is 2. The summed E-state index contributed by atoms with van der Waals surface area (Å²) in [6.07, 6.45) is 8.87. The summed E-state index contributed by atoms with van der Waals surface area (Å²) in [5.41, 5.74) is 2.39. The van der Waals surface area contributed by atoms with E-state index in [1.165, 1.54) is 56.6 Å². The summed E-state index contributed by atoms with van der Waals surface area (Å²) in [6.45, 7) is 3.66. The highest BCUT2D eigenvalue weighted by Crippen LogP contribution is 2.48. The molecule has 24 heavy (non-hydrogen) atoms. The molecule has 2 aliphatic carbocycles. The third-order valence-electron chi connectivity index (χ3n) is 7.16. The molecule has 0 radical (unpaired) electrons. The smallest absolute Gasteiger partial charge is 0.231 e. The van der Waals surface area contributed by atoms with E-state index >= 15 is 0 Å². The molecule has 0 aromatic heterocycles. The van der Waals surface area contributed by atoms with Crippen molar-refractivity contribution in [3.63, 3.8) is 0 Å². The van der Waals surface area contributed by atoms with E-state index in [0.29, 0.717) is 18.4 Å². The van der Waals surface area contributed by atoms with E-state index in [1.54, 1.807) is 0 Å². The first-order valence-electron chi connectivity index (χ1n) is 9.90. The lowest BCUT2D eigenvalue weighted by Crippen LogP contribution is -2.47. The molecule has 1 saturated heterocycles. The van der Waals surface area contributed by atoms with Gasteiger partial charge in [-0.2, -0.15) is 0 Å². The highest BCUT2D eigenvalue weighted by molar-refractivity contribution is 6.01. The Labute approximate surface area is 145 Å². The van der Waals surface area contributed by atoms with Gasteiger partial charge in [0.05, 0.1) is 6.42 Å². The van der Waals surface area contributed by atoms with Crippen LogP contribution in [0, 0.1) is 17.8 Å². The molecule has 1 aromatic rings. The molecule has 3 atom stereocenters. The van der Waals surface area contributed by atoms with E-state index in [1.807, 2.05) is 6.07 Å². The molecule has 1 aromatic carbocycles. The summed E-state index contributed by atoms with van der Waals surface area (Å²) in [5.74, 6) is 3.35. The van der Waals surface area contributed by atoms with Gasteiger partial charge in [-0.15, -0.1) is 0 Å². The summed E-state index contributed by atoms with van der Waals surface area (Å²) < 4.78 is 0. The Bertz CT molecular complexity index is 634. The van der Waals surface area contributed by atoms with Crippen molar-refractivity contribution >= 4 is 11.6 Å². The molecule has 3 fully saturated rings. The van der Waals surface area contributed by atoms with E-state index in [2.05, 4.69) is 28.0 Å². The molecule has 2 bridgehead atoms. The molecular weight excluding hydrogens is 296 g/mol. The second kappa shape index (κ2) is 5.87. The predicted molar refractivity (Wildman–Crippen MR) is 96.0 cm³/mol. The van der Waals surface area contributed by atoms with Gasteiger partial charge in [0, 0.05) is 31.4 Å². The van der Waals surface area contributed by atoms with E-state index in [4.69, 9.17) is 0 Å². The molecule has 2 heterocycles.